The molecule has 7 nitrogen and oxygen atoms in total. The van der Waals surface area contributed by atoms with Crippen molar-refractivity contribution in [3.05, 3.63) is 36.2 Å². The molecule has 0 radical (unpaired) electrons. The summed E-state index contributed by atoms with van der Waals surface area (Å²) in [5.74, 6) is 3.13. The van der Waals surface area contributed by atoms with E-state index >= 15 is 0 Å². The minimum Gasteiger partial charge on any atom is -0.493 e. The average molecular weight is 399 g/mol. The van der Waals surface area contributed by atoms with Crippen LogP contribution in [-0.2, 0) is 4.79 Å². The Kier molecular flexibility index (Phi) is 6.56. The summed E-state index contributed by atoms with van der Waals surface area (Å²) in [5.41, 5.74) is 1.09. The first-order valence-electron chi connectivity index (χ1n) is 10.1. The second-order valence-corrected chi connectivity index (χ2v) is 7.95. The summed E-state index contributed by atoms with van der Waals surface area (Å²) < 4.78 is 11.4. The number of methoxy groups -OCH3 is 1. The molecule has 29 heavy (non-hydrogen) atoms. The molecular weight excluding hydrogens is 368 g/mol. The van der Waals surface area contributed by atoms with E-state index in [-0.39, 0.29) is 11.9 Å². The lowest BCUT2D eigenvalue weighted by atomic mass is 10.1. The van der Waals surface area contributed by atoms with E-state index in [0.717, 1.165) is 24.5 Å². The van der Waals surface area contributed by atoms with Crippen LogP contribution in [0.15, 0.2) is 30.6 Å². The smallest absolute Gasteiger partial charge is 0.224 e. The van der Waals surface area contributed by atoms with Crippen molar-refractivity contribution < 1.29 is 14.3 Å². The molecule has 0 aliphatic carbocycles. The van der Waals surface area contributed by atoms with E-state index in [2.05, 4.69) is 35.6 Å². The largest absolute Gasteiger partial charge is 0.493 e. The van der Waals surface area contributed by atoms with Gasteiger partial charge in [0, 0.05) is 38.2 Å². The molecular formula is C22H30N4O3. The Bertz CT molecular complexity index is 856. The van der Waals surface area contributed by atoms with Crippen LogP contribution in [0.4, 0.5) is 5.82 Å². The van der Waals surface area contributed by atoms with Crippen molar-refractivity contribution in [2.24, 2.45) is 5.92 Å². The zero-order valence-electron chi connectivity index (χ0n) is 17.9. The number of aromatic nitrogens is 2. The normalized spacial score (nSPS) is 16.8. The lowest BCUT2D eigenvalue weighted by Gasteiger charge is -2.40. The highest BCUT2D eigenvalue weighted by molar-refractivity contribution is 5.77. The van der Waals surface area contributed by atoms with Gasteiger partial charge in [0.15, 0.2) is 11.5 Å². The molecule has 1 aliphatic heterocycles. The molecule has 1 saturated heterocycles. The van der Waals surface area contributed by atoms with Gasteiger partial charge >= 0.3 is 0 Å². The second-order valence-electron chi connectivity index (χ2n) is 7.95. The topological polar surface area (TPSA) is 67.8 Å². The summed E-state index contributed by atoms with van der Waals surface area (Å²) in [6.07, 6.45) is 2.10. The number of nitrogens with zero attached hydrogens (tertiary/aromatic N) is 4. The molecule has 7 heteroatoms. The fourth-order valence-electron chi connectivity index (χ4n) is 3.53. The van der Waals surface area contributed by atoms with Gasteiger partial charge in [0.2, 0.25) is 11.8 Å². The average Bonchev–Trinajstić information content (AvgIpc) is 2.68. The molecule has 2 aromatic rings. The molecule has 1 aromatic heterocycles. The summed E-state index contributed by atoms with van der Waals surface area (Å²) in [6, 6.07) is 7.72. The summed E-state index contributed by atoms with van der Waals surface area (Å²) >= 11 is 0. The highest BCUT2D eigenvalue weighted by atomic mass is 16.5. The Morgan fingerprint density at radius 2 is 2.00 bits per heavy atom. The van der Waals surface area contributed by atoms with Crippen molar-refractivity contribution in [2.75, 3.05) is 31.6 Å². The lowest BCUT2D eigenvalue weighted by Crippen LogP contribution is -2.54. The zero-order chi connectivity index (χ0) is 21.0. The molecule has 0 spiro atoms. The second kappa shape index (κ2) is 9.11. The maximum atomic E-state index is 12.5. The molecule has 1 aromatic carbocycles. The minimum atomic E-state index is 0.131. The van der Waals surface area contributed by atoms with Crippen LogP contribution >= 0.6 is 0 Å². The molecule has 0 bridgehead atoms. The minimum absolute atomic E-state index is 0.131. The molecule has 1 amide bonds. The number of rotatable bonds is 6. The SMILES string of the molecule is COc1cc(C)ccc1Oc1cc(N2CCN(C(=O)CC(C)C)[C@H](C)C2)ncn1. The molecule has 3 rings (SSSR count). The van der Waals surface area contributed by atoms with E-state index in [1.165, 1.54) is 6.33 Å². The number of benzene rings is 1. The third kappa shape index (κ3) is 5.16. The van der Waals surface area contributed by atoms with Crippen LogP contribution in [0.2, 0.25) is 0 Å². The molecule has 0 saturated carbocycles. The van der Waals surface area contributed by atoms with Crippen molar-refractivity contribution in [1.29, 1.82) is 0 Å². The number of carbonyl (C=O) groups is 1. The van der Waals surface area contributed by atoms with E-state index in [9.17, 15) is 4.79 Å². The maximum Gasteiger partial charge on any atom is 0.224 e. The third-order valence-electron chi connectivity index (χ3n) is 5.02. The van der Waals surface area contributed by atoms with E-state index in [1.807, 2.05) is 36.1 Å². The van der Waals surface area contributed by atoms with Gasteiger partial charge in [-0.15, -0.1) is 0 Å². The monoisotopic (exact) mass is 398 g/mol. The number of ether oxygens (including phenoxy) is 2. The van der Waals surface area contributed by atoms with Gasteiger partial charge in [-0.3, -0.25) is 4.79 Å². The van der Waals surface area contributed by atoms with Gasteiger partial charge in [0.25, 0.3) is 0 Å². The van der Waals surface area contributed by atoms with Gasteiger partial charge in [-0.2, -0.15) is 0 Å². The Balaban J connectivity index is 1.70. The van der Waals surface area contributed by atoms with Crippen molar-refractivity contribution in [1.82, 2.24) is 14.9 Å². The highest BCUT2D eigenvalue weighted by Crippen LogP contribution is 2.32. The quantitative estimate of drug-likeness (QED) is 0.740. The predicted octanol–water partition coefficient (Wildman–Crippen LogP) is 3.67. The zero-order valence-corrected chi connectivity index (χ0v) is 17.9. The Hall–Kier alpha value is -2.83. The molecule has 0 N–H and O–H groups in total. The number of amides is 1. The van der Waals surface area contributed by atoms with E-state index in [1.54, 1.807) is 7.11 Å². The van der Waals surface area contributed by atoms with Crippen LogP contribution in [0.3, 0.4) is 0 Å². The van der Waals surface area contributed by atoms with Crippen LogP contribution < -0.4 is 14.4 Å². The number of hydrogen-bond acceptors (Lipinski definition) is 6. The van der Waals surface area contributed by atoms with Crippen molar-refractivity contribution in [3.63, 3.8) is 0 Å². The Morgan fingerprint density at radius 1 is 1.21 bits per heavy atom. The van der Waals surface area contributed by atoms with Gasteiger partial charge in [-0.05, 0) is 37.5 Å². The lowest BCUT2D eigenvalue weighted by molar-refractivity contribution is -0.134. The van der Waals surface area contributed by atoms with Crippen LogP contribution in [0, 0.1) is 12.8 Å². The Labute approximate surface area is 172 Å². The number of carbonyl (C=O) groups excluding carboxylic acids is 1. The van der Waals surface area contributed by atoms with Gasteiger partial charge in [-0.1, -0.05) is 19.9 Å². The van der Waals surface area contributed by atoms with Gasteiger partial charge in [0.1, 0.15) is 12.1 Å². The predicted molar refractivity (Wildman–Crippen MR) is 113 cm³/mol. The van der Waals surface area contributed by atoms with Gasteiger partial charge < -0.3 is 19.3 Å². The molecule has 0 unspecified atom stereocenters. The first-order valence-corrected chi connectivity index (χ1v) is 10.1. The van der Waals surface area contributed by atoms with E-state index < -0.39 is 0 Å². The van der Waals surface area contributed by atoms with Crippen LogP contribution in [0.25, 0.3) is 0 Å². The molecule has 156 valence electrons. The molecule has 1 atom stereocenters. The molecule has 1 aliphatic rings. The standard InChI is InChI=1S/C22H30N4O3/c1-15(2)10-22(27)26-9-8-25(13-17(26)4)20-12-21(24-14-23-20)29-18-7-6-16(3)11-19(18)28-5/h6-7,11-12,14-15,17H,8-10,13H2,1-5H3/t17-/m1/s1. The fourth-order valence-corrected chi connectivity index (χ4v) is 3.53. The first-order chi connectivity index (χ1) is 13.9. The van der Waals surface area contributed by atoms with Gasteiger partial charge in [-0.25, -0.2) is 9.97 Å². The Morgan fingerprint density at radius 3 is 2.69 bits per heavy atom. The number of piperazine rings is 1. The summed E-state index contributed by atoms with van der Waals surface area (Å²) in [6.45, 7) is 10.4. The van der Waals surface area contributed by atoms with Crippen LogP contribution in [0.1, 0.15) is 32.8 Å². The fraction of sp³-hybridized carbons (Fsp3) is 0.500. The van der Waals surface area contributed by atoms with Crippen molar-refractivity contribution in [2.45, 2.75) is 40.2 Å². The summed E-state index contributed by atoms with van der Waals surface area (Å²) in [5, 5.41) is 0. The number of aryl methyl sites for hydroxylation is 1. The van der Waals surface area contributed by atoms with E-state index in [4.69, 9.17) is 9.47 Å². The first kappa shape index (κ1) is 20.9. The summed E-state index contributed by atoms with van der Waals surface area (Å²) in [7, 11) is 1.62. The highest BCUT2D eigenvalue weighted by Gasteiger charge is 2.28. The van der Waals surface area contributed by atoms with E-state index in [0.29, 0.717) is 36.3 Å². The molecule has 1 fully saturated rings. The number of hydrogen-bond donors (Lipinski definition) is 0. The van der Waals surface area contributed by atoms with Crippen molar-refractivity contribution >= 4 is 11.7 Å². The van der Waals surface area contributed by atoms with Crippen molar-refractivity contribution in [3.8, 4) is 17.4 Å². The van der Waals surface area contributed by atoms with Crippen LogP contribution in [0.5, 0.6) is 17.4 Å². The summed E-state index contributed by atoms with van der Waals surface area (Å²) in [4.78, 5) is 25.3. The van der Waals surface area contributed by atoms with Crippen LogP contribution in [-0.4, -0.2) is 53.6 Å². The van der Waals surface area contributed by atoms with Gasteiger partial charge in [0.05, 0.1) is 7.11 Å². The third-order valence-corrected chi connectivity index (χ3v) is 5.02. The molecule has 2 heterocycles. The number of anilines is 1. The maximum absolute atomic E-state index is 12.5.